The van der Waals surface area contributed by atoms with E-state index in [1.165, 1.54) is 23.6 Å². The van der Waals surface area contributed by atoms with Crippen molar-refractivity contribution in [2.24, 2.45) is 0 Å². The van der Waals surface area contributed by atoms with E-state index in [0.717, 1.165) is 0 Å². The SMILES string of the molecule is [CH3][Ru]([CH3])([CH3])([CH3])([C]1=CC=CCCC1)[c]1ccc[nH]1. The second-order valence-electron chi connectivity index (χ2n) is 6.55. The number of hydrogen-bond acceptors (Lipinski definition) is 0. The third-order valence-corrected chi connectivity index (χ3v) is 14.1. The molecule has 0 aliphatic heterocycles. The van der Waals surface area contributed by atoms with Gasteiger partial charge in [0.2, 0.25) is 0 Å². The Morgan fingerprint density at radius 3 is 2.59 bits per heavy atom. The van der Waals surface area contributed by atoms with E-state index in [0.29, 0.717) is 0 Å². The summed E-state index contributed by atoms with van der Waals surface area (Å²) in [5.74, 6) is 0. The molecule has 1 aromatic heterocycles. The minimum absolute atomic E-state index is 1.22. The van der Waals surface area contributed by atoms with Crippen molar-refractivity contribution in [2.75, 3.05) is 0 Å². The molecule has 0 fully saturated rings. The average molecular weight is 320 g/mol. The Balaban J connectivity index is 2.59. The molecular weight excluding hydrogens is 295 g/mol. The van der Waals surface area contributed by atoms with Crippen LogP contribution >= 0.6 is 0 Å². The normalized spacial score (nSPS) is 21.3. The molecule has 1 heterocycles. The Kier molecular flexibility index (Phi) is 2.60. The zero-order valence-corrected chi connectivity index (χ0v) is 13.2. The molecule has 1 aliphatic carbocycles. The fraction of sp³-hybridized carbons (Fsp3) is 0.467. The first-order valence-corrected chi connectivity index (χ1v) is 14.7. The van der Waals surface area contributed by atoms with Crippen LogP contribution in [0.4, 0.5) is 0 Å². The molecule has 0 spiro atoms. The van der Waals surface area contributed by atoms with Crippen LogP contribution in [0.25, 0.3) is 0 Å². The van der Waals surface area contributed by atoms with Gasteiger partial charge >= 0.3 is 104 Å². The molecule has 1 aliphatic rings. The number of rotatable bonds is 2. The van der Waals surface area contributed by atoms with Gasteiger partial charge in [-0.1, -0.05) is 0 Å². The van der Waals surface area contributed by atoms with Crippen LogP contribution < -0.4 is 4.29 Å². The van der Waals surface area contributed by atoms with Gasteiger partial charge in [-0.3, -0.25) is 0 Å². The standard InChI is InChI=1S/C7H9.C4H4N.4CH3.Ru/c1-2-4-6-7-5-3-1;1-2-4-5-3-1;;;;;/h1-3H,4,6-7H2;1-3,5H;4*1H3;. The molecule has 0 aromatic carbocycles. The van der Waals surface area contributed by atoms with E-state index < -0.39 is 12.4 Å². The van der Waals surface area contributed by atoms with Gasteiger partial charge in [-0.25, -0.2) is 0 Å². The first kappa shape index (κ1) is 12.8. The van der Waals surface area contributed by atoms with Crippen molar-refractivity contribution < 1.29 is 12.4 Å². The summed E-state index contributed by atoms with van der Waals surface area (Å²) in [5.41, 5.74) is 10.1. The Morgan fingerprint density at radius 2 is 1.94 bits per heavy atom. The Labute approximate surface area is 104 Å². The molecule has 0 unspecified atom stereocenters. The van der Waals surface area contributed by atoms with Crippen LogP contribution in [0.5, 0.6) is 0 Å². The molecule has 0 saturated heterocycles. The molecule has 1 aromatic rings. The van der Waals surface area contributed by atoms with E-state index in [1.54, 1.807) is 4.17 Å². The monoisotopic (exact) mass is 321 g/mol. The average Bonchev–Trinajstić information content (AvgIpc) is 2.60. The topological polar surface area (TPSA) is 15.8 Å². The van der Waals surface area contributed by atoms with Crippen LogP contribution in [-0.4, -0.2) is 4.98 Å². The predicted octanol–water partition coefficient (Wildman–Crippen LogP) is 4.68. The molecule has 2 heteroatoms. The first-order valence-electron chi connectivity index (χ1n) is 5.98. The van der Waals surface area contributed by atoms with Gasteiger partial charge in [0.15, 0.2) is 0 Å². The molecule has 0 bridgehead atoms. The van der Waals surface area contributed by atoms with Crippen LogP contribution in [-0.2, 0) is 12.4 Å². The first-order chi connectivity index (χ1) is 7.74. The van der Waals surface area contributed by atoms with Gasteiger partial charge in [0.25, 0.3) is 0 Å². The molecule has 2 rings (SSSR count). The molecule has 0 atom stereocenters. The minimum atomic E-state index is -3.09. The Hall–Kier alpha value is -0.617. The predicted molar refractivity (Wildman–Crippen MR) is 75.0 cm³/mol. The third kappa shape index (κ3) is 2.20. The summed E-state index contributed by atoms with van der Waals surface area (Å²) in [6, 6.07) is 4.40. The summed E-state index contributed by atoms with van der Waals surface area (Å²) in [5, 5.41) is 0. The quantitative estimate of drug-likeness (QED) is 0.762. The van der Waals surface area contributed by atoms with Crippen molar-refractivity contribution in [3.63, 3.8) is 0 Å². The van der Waals surface area contributed by atoms with E-state index in [-0.39, 0.29) is 0 Å². The van der Waals surface area contributed by atoms with Crippen LogP contribution in [0.15, 0.2) is 40.7 Å². The number of hydrogen-bond donors (Lipinski definition) is 1. The third-order valence-electron chi connectivity index (χ3n) is 3.62. The van der Waals surface area contributed by atoms with E-state index in [2.05, 4.69) is 63.6 Å². The number of aromatic nitrogens is 1. The summed E-state index contributed by atoms with van der Waals surface area (Å²) >= 11 is -3.09. The molecule has 0 radical (unpaired) electrons. The summed E-state index contributed by atoms with van der Waals surface area (Å²) in [4.78, 5) is 3.49. The van der Waals surface area contributed by atoms with Crippen molar-refractivity contribution in [2.45, 2.75) is 41.3 Å². The maximum atomic E-state index is 3.49. The molecule has 0 saturated carbocycles. The number of H-pyrrole nitrogens is 1. The van der Waals surface area contributed by atoms with Gasteiger partial charge in [-0.05, 0) is 0 Å². The van der Waals surface area contributed by atoms with Crippen LogP contribution in [0.3, 0.4) is 0 Å². The Morgan fingerprint density at radius 1 is 1.18 bits per heavy atom. The molecule has 1 N–H and O–H groups in total. The second-order valence-corrected chi connectivity index (χ2v) is 26.4. The summed E-state index contributed by atoms with van der Waals surface area (Å²) in [6.07, 6.45) is 12.7. The number of allylic oxidation sites excluding steroid dienone is 4. The van der Waals surface area contributed by atoms with Gasteiger partial charge in [-0.2, -0.15) is 0 Å². The summed E-state index contributed by atoms with van der Waals surface area (Å²) < 4.78 is 3.12. The zero-order valence-electron chi connectivity index (χ0n) is 11.4. The molecular formula is C15H25NRu. The van der Waals surface area contributed by atoms with Crippen molar-refractivity contribution in [1.82, 2.24) is 4.98 Å². The molecule has 17 heavy (non-hydrogen) atoms. The number of nitrogens with one attached hydrogen (secondary N) is 1. The zero-order chi connectivity index (χ0) is 12.6. The van der Waals surface area contributed by atoms with E-state index >= 15 is 0 Å². The van der Waals surface area contributed by atoms with Crippen LogP contribution in [0.2, 0.25) is 22.1 Å². The fourth-order valence-electron chi connectivity index (χ4n) is 2.32. The second kappa shape index (κ2) is 3.45. The fourth-order valence-corrected chi connectivity index (χ4v) is 9.40. The molecule has 0 amide bonds. The number of aromatic amines is 1. The van der Waals surface area contributed by atoms with Gasteiger partial charge in [-0.15, -0.1) is 0 Å². The van der Waals surface area contributed by atoms with Crippen LogP contribution in [0, 0.1) is 0 Å². The van der Waals surface area contributed by atoms with Gasteiger partial charge in [0.1, 0.15) is 0 Å². The summed E-state index contributed by atoms with van der Waals surface area (Å²) in [7, 11) is 0. The van der Waals surface area contributed by atoms with Crippen molar-refractivity contribution in [1.29, 1.82) is 0 Å². The van der Waals surface area contributed by atoms with Crippen molar-refractivity contribution in [3.8, 4) is 0 Å². The van der Waals surface area contributed by atoms with Crippen molar-refractivity contribution >= 4 is 4.29 Å². The van der Waals surface area contributed by atoms with E-state index in [1.807, 2.05) is 0 Å². The summed E-state index contributed by atoms with van der Waals surface area (Å²) in [6.45, 7) is 0. The maximum absolute atomic E-state index is 3.49. The van der Waals surface area contributed by atoms with Gasteiger partial charge in [0.05, 0.1) is 0 Å². The molecule has 1 nitrogen and oxygen atoms in total. The van der Waals surface area contributed by atoms with Crippen LogP contribution in [0.1, 0.15) is 19.3 Å². The van der Waals surface area contributed by atoms with Crippen molar-refractivity contribution in [3.05, 3.63) is 40.7 Å². The van der Waals surface area contributed by atoms with Gasteiger partial charge in [0, 0.05) is 0 Å². The van der Waals surface area contributed by atoms with E-state index in [4.69, 9.17) is 0 Å². The molecule has 98 valence electrons. The Bertz CT molecular complexity index is 467. The van der Waals surface area contributed by atoms with E-state index in [9.17, 15) is 0 Å². The van der Waals surface area contributed by atoms with Gasteiger partial charge < -0.3 is 0 Å².